The van der Waals surface area contributed by atoms with Gasteiger partial charge in [0.15, 0.2) is 11.6 Å². The number of benzene rings is 2. The van der Waals surface area contributed by atoms with Gasteiger partial charge in [-0.15, -0.1) is 0 Å². The summed E-state index contributed by atoms with van der Waals surface area (Å²) < 4.78 is 35.5. The molecule has 1 saturated heterocycles. The monoisotopic (exact) mass is 494 g/mol. The molecule has 3 heterocycles. The van der Waals surface area contributed by atoms with Crippen LogP contribution < -0.4 is 0 Å². The van der Waals surface area contributed by atoms with E-state index in [4.69, 9.17) is 4.74 Å². The number of aryl methyl sites for hydroxylation is 1. The molecule has 1 spiro atoms. The number of amides is 1. The third-order valence-corrected chi connectivity index (χ3v) is 7.65. The minimum Gasteiger partial charge on any atom is -0.365 e. The predicted molar refractivity (Wildman–Crippen MR) is 132 cm³/mol. The van der Waals surface area contributed by atoms with Gasteiger partial charge >= 0.3 is 0 Å². The maximum Gasteiger partial charge on any atom is 0.250 e. The van der Waals surface area contributed by atoms with Crippen molar-refractivity contribution in [3.8, 4) is 0 Å². The Bertz CT molecular complexity index is 1240. The minimum atomic E-state index is -0.970. The summed E-state index contributed by atoms with van der Waals surface area (Å²) >= 11 is 0. The van der Waals surface area contributed by atoms with Crippen LogP contribution in [0.25, 0.3) is 0 Å². The van der Waals surface area contributed by atoms with Gasteiger partial charge in [-0.3, -0.25) is 4.79 Å². The van der Waals surface area contributed by atoms with Crippen LogP contribution >= 0.6 is 0 Å². The van der Waals surface area contributed by atoms with Crippen molar-refractivity contribution in [3.63, 3.8) is 0 Å². The van der Waals surface area contributed by atoms with Crippen molar-refractivity contribution in [2.45, 2.75) is 44.4 Å². The van der Waals surface area contributed by atoms with Crippen molar-refractivity contribution in [2.75, 3.05) is 33.2 Å². The average Bonchev–Trinajstić information content (AvgIpc) is 3.46. The lowest BCUT2D eigenvalue weighted by molar-refractivity contribution is -0.132. The van der Waals surface area contributed by atoms with Crippen molar-refractivity contribution in [2.24, 2.45) is 0 Å². The van der Waals surface area contributed by atoms with E-state index in [0.29, 0.717) is 24.5 Å². The maximum absolute atomic E-state index is 14.0. The van der Waals surface area contributed by atoms with Gasteiger partial charge in [-0.25, -0.2) is 13.8 Å². The van der Waals surface area contributed by atoms with Gasteiger partial charge in [0.25, 0.3) is 0 Å². The lowest BCUT2D eigenvalue weighted by atomic mass is 9.84. The Morgan fingerprint density at radius 3 is 2.67 bits per heavy atom. The second kappa shape index (κ2) is 10.1. The van der Waals surface area contributed by atoms with E-state index in [-0.39, 0.29) is 11.5 Å². The van der Waals surface area contributed by atoms with Crippen LogP contribution in [-0.2, 0) is 21.7 Å². The van der Waals surface area contributed by atoms with E-state index >= 15 is 0 Å². The molecule has 190 valence electrons. The molecule has 2 aromatic carbocycles. The summed E-state index contributed by atoms with van der Waals surface area (Å²) in [4.78, 5) is 21.8. The van der Waals surface area contributed by atoms with E-state index in [1.54, 1.807) is 35.8 Å². The number of hydrogen-bond donors (Lipinski definition) is 0. The second-order valence-corrected chi connectivity index (χ2v) is 9.85. The summed E-state index contributed by atoms with van der Waals surface area (Å²) in [5.74, 6) is -1.46. The number of piperidine rings is 1. The van der Waals surface area contributed by atoms with Gasteiger partial charge in [0.2, 0.25) is 5.91 Å². The molecule has 0 saturated carbocycles. The first-order chi connectivity index (χ1) is 17.4. The smallest absolute Gasteiger partial charge is 0.250 e. The minimum absolute atomic E-state index is 0.153. The van der Waals surface area contributed by atoms with E-state index in [1.165, 1.54) is 17.2 Å². The molecule has 1 unspecified atom stereocenters. The molecule has 6 nitrogen and oxygen atoms in total. The first-order valence-electron chi connectivity index (χ1n) is 12.5. The molecule has 0 bridgehead atoms. The lowest BCUT2D eigenvalue weighted by Crippen LogP contribution is -2.43. The fraction of sp³-hybridized carbons (Fsp3) is 0.429. The number of likely N-dealkylation sites (tertiary alicyclic amines) is 1. The Morgan fingerprint density at radius 1 is 1.17 bits per heavy atom. The number of halogens is 2. The first kappa shape index (κ1) is 24.6. The summed E-state index contributed by atoms with van der Waals surface area (Å²) in [5.41, 5.74) is 2.88. The molecule has 1 amide bonds. The van der Waals surface area contributed by atoms with Gasteiger partial charge in [0.05, 0.1) is 12.2 Å². The van der Waals surface area contributed by atoms with E-state index in [0.717, 1.165) is 51.0 Å². The number of hydrogen-bond acceptors (Lipinski definition) is 4. The SMILES string of the molecule is Cc1nccn1C(C(=O)N(C)CCCN1CCC2(CC1)OCc1ccccc12)c1ccc(F)c(F)c1. The number of likely N-dealkylation sites (N-methyl/N-ethyl adjacent to an activating group) is 1. The van der Waals surface area contributed by atoms with Crippen LogP contribution in [0.5, 0.6) is 0 Å². The van der Waals surface area contributed by atoms with Gasteiger partial charge < -0.3 is 19.1 Å². The Kier molecular flexibility index (Phi) is 6.90. The molecule has 0 radical (unpaired) electrons. The number of carbonyl (C=O) groups is 1. The topological polar surface area (TPSA) is 50.6 Å². The Hall–Kier alpha value is -3.10. The zero-order valence-corrected chi connectivity index (χ0v) is 20.8. The van der Waals surface area contributed by atoms with Crippen molar-refractivity contribution >= 4 is 5.91 Å². The normalized spacial score (nSPS) is 17.8. The van der Waals surface area contributed by atoms with Crippen LogP contribution in [0.2, 0.25) is 0 Å². The van der Waals surface area contributed by atoms with E-state index in [9.17, 15) is 13.6 Å². The molecule has 1 atom stereocenters. The van der Waals surface area contributed by atoms with Gasteiger partial charge in [-0.1, -0.05) is 30.3 Å². The second-order valence-electron chi connectivity index (χ2n) is 9.85. The van der Waals surface area contributed by atoms with E-state index in [2.05, 4.69) is 34.1 Å². The average molecular weight is 495 g/mol. The molecule has 2 aliphatic rings. The Balaban J connectivity index is 1.19. The summed E-state index contributed by atoms with van der Waals surface area (Å²) in [6.07, 6.45) is 6.05. The molecular formula is C28H32F2N4O2. The highest BCUT2D eigenvalue weighted by Gasteiger charge is 2.42. The molecule has 36 heavy (non-hydrogen) atoms. The number of ether oxygens (including phenoxy) is 1. The van der Waals surface area contributed by atoms with E-state index < -0.39 is 17.7 Å². The number of rotatable bonds is 7. The molecule has 3 aromatic rings. The lowest BCUT2D eigenvalue weighted by Gasteiger charge is -2.39. The Labute approximate surface area is 210 Å². The fourth-order valence-corrected chi connectivity index (χ4v) is 5.55. The molecule has 5 rings (SSSR count). The fourth-order valence-electron chi connectivity index (χ4n) is 5.55. The molecule has 8 heteroatoms. The third kappa shape index (κ3) is 4.67. The maximum atomic E-state index is 14.0. The van der Waals surface area contributed by atoms with Crippen LogP contribution in [0.4, 0.5) is 8.78 Å². The zero-order chi connectivity index (χ0) is 25.3. The molecule has 0 N–H and O–H groups in total. The molecule has 1 aromatic heterocycles. The van der Waals surface area contributed by atoms with Crippen LogP contribution in [0.1, 0.15) is 47.8 Å². The highest BCUT2D eigenvalue weighted by molar-refractivity contribution is 5.83. The zero-order valence-electron chi connectivity index (χ0n) is 20.8. The van der Waals surface area contributed by atoms with Gasteiger partial charge in [0, 0.05) is 39.1 Å². The van der Waals surface area contributed by atoms with Crippen LogP contribution in [0.3, 0.4) is 0 Å². The highest BCUT2D eigenvalue weighted by atomic mass is 19.2. The summed E-state index contributed by atoms with van der Waals surface area (Å²) in [5, 5.41) is 0. The van der Waals surface area contributed by atoms with Gasteiger partial charge in [-0.05, 0) is 61.6 Å². The Morgan fingerprint density at radius 2 is 1.94 bits per heavy atom. The number of imidazole rings is 1. The van der Waals surface area contributed by atoms with Crippen molar-refractivity contribution < 1.29 is 18.3 Å². The van der Waals surface area contributed by atoms with Gasteiger partial charge in [-0.2, -0.15) is 0 Å². The summed E-state index contributed by atoms with van der Waals surface area (Å²) in [6, 6.07) is 11.3. The van der Waals surface area contributed by atoms with Crippen LogP contribution in [0, 0.1) is 18.6 Å². The number of fused-ring (bicyclic) bond motifs is 2. The molecular weight excluding hydrogens is 462 g/mol. The quantitative estimate of drug-likeness (QED) is 0.488. The van der Waals surface area contributed by atoms with Crippen molar-refractivity contribution in [1.29, 1.82) is 0 Å². The van der Waals surface area contributed by atoms with E-state index in [1.807, 2.05) is 0 Å². The third-order valence-electron chi connectivity index (χ3n) is 7.65. The number of nitrogens with zero attached hydrogens (tertiary/aromatic N) is 4. The largest absolute Gasteiger partial charge is 0.365 e. The first-order valence-corrected chi connectivity index (χ1v) is 12.5. The van der Waals surface area contributed by atoms with Crippen molar-refractivity contribution in [3.05, 3.63) is 89.0 Å². The standard InChI is InChI=1S/C28H32F2N4O2/c1-20-31-12-17-34(20)26(21-8-9-24(29)25(30)18-21)27(35)32(2)13-5-14-33-15-10-28(11-16-33)23-7-4-3-6-22(23)19-36-28/h3-4,6-9,12,17-18,26H,5,10-11,13-16,19H2,1-2H3. The predicted octanol–water partition coefficient (Wildman–Crippen LogP) is 4.43. The number of aromatic nitrogens is 2. The van der Waals surface area contributed by atoms with Crippen molar-refractivity contribution in [1.82, 2.24) is 19.4 Å². The molecule has 1 fully saturated rings. The van der Waals surface area contributed by atoms with Gasteiger partial charge in [0.1, 0.15) is 11.9 Å². The summed E-state index contributed by atoms with van der Waals surface area (Å²) in [6.45, 7) is 5.84. The molecule has 2 aliphatic heterocycles. The highest BCUT2D eigenvalue weighted by Crippen LogP contribution is 2.43. The number of carbonyl (C=O) groups excluding carboxylic acids is 1. The summed E-state index contributed by atoms with van der Waals surface area (Å²) in [7, 11) is 1.76. The molecule has 0 aliphatic carbocycles. The van der Waals surface area contributed by atoms with Crippen LogP contribution in [0.15, 0.2) is 54.9 Å². The van der Waals surface area contributed by atoms with Crippen LogP contribution in [-0.4, -0.2) is 58.5 Å².